The summed E-state index contributed by atoms with van der Waals surface area (Å²) in [6.45, 7) is 12.2. The number of anilines is 1. The third kappa shape index (κ3) is 7.17. The van der Waals surface area contributed by atoms with Crippen LogP contribution in [-0.2, 0) is 10.0 Å². The highest BCUT2D eigenvalue weighted by molar-refractivity contribution is 7.92. The minimum absolute atomic E-state index is 0.0546. The maximum atomic E-state index is 12.7. The number of aryl methyl sites for hydroxylation is 4. The van der Waals surface area contributed by atoms with Gasteiger partial charge in [-0.05, 0) is 51.0 Å². The molecular formula is C26H36N4O4S2. The summed E-state index contributed by atoms with van der Waals surface area (Å²) in [4.78, 5) is 8.85. The van der Waals surface area contributed by atoms with E-state index in [-0.39, 0.29) is 12.4 Å². The first-order valence-electron chi connectivity index (χ1n) is 12.3. The normalized spacial score (nSPS) is 16.4. The molecule has 3 aromatic rings. The largest absolute Gasteiger partial charge is 0.491 e. The quantitative estimate of drug-likeness (QED) is 0.414. The lowest BCUT2D eigenvalue weighted by atomic mass is 10.1. The van der Waals surface area contributed by atoms with Crippen LogP contribution in [0.5, 0.6) is 5.75 Å². The van der Waals surface area contributed by atoms with Crippen LogP contribution in [0, 0.1) is 27.7 Å². The molecule has 2 aromatic carbocycles. The van der Waals surface area contributed by atoms with Crippen molar-refractivity contribution >= 4 is 37.3 Å². The highest BCUT2D eigenvalue weighted by Crippen LogP contribution is 2.26. The number of hydrogen-bond donors (Lipinski definition) is 2. The van der Waals surface area contributed by atoms with Crippen LogP contribution in [0.3, 0.4) is 0 Å². The SMILES string of the molecule is Cc1cc(C)c(NS(=O)(=O)CCN2CCN(C[C@@H](O)COc3ccc4sc(C)nc4c3)CC2)c(C)c1. The van der Waals surface area contributed by atoms with Crippen LogP contribution in [-0.4, -0.2) is 86.0 Å². The van der Waals surface area contributed by atoms with Gasteiger partial charge in [-0.15, -0.1) is 11.3 Å². The van der Waals surface area contributed by atoms with E-state index in [1.807, 2.05) is 58.0 Å². The van der Waals surface area contributed by atoms with E-state index in [1.54, 1.807) is 11.3 Å². The van der Waals surface area contributed by atoms with Crippen molar-refractivity contribution in [1.82, 2.24) is 14.8 Å². The Morgan fingerprint density at radius 2 is 1.72 bits per heavy atom. The van der Waals surface area contributed by atoms with E-state index in [0.29, 0.717) is 24.5 Å². The third-order valence-electron chi connectivity index (χ3n) is 6.45. The Bertz CT molecular complexity index is 1280. The van der Waals surface area contributed by atoms with Crippen LogP contribution in [0.1, 0.15) is 21.7 Å². The molecular weight excluding hydrogens is 496 g/mol. The summed E-state index contributed by atoms with van der Waals surface area (Å²) in [5.74, 6) is 0.765. The topological polar surface area (TPSA) is 95.0 Å². The van der Waals surface area contributed by atoms with Gasteiger partial charge in [0.2, 0.25) is 10.0 Å². The lowest BCUT2D eigenvalue weighted by Gasteiger charge is -2.35. The molecule has 0 amide bonds. The summed E-state index contributed by atoms with van der Waals surface area (Å²) in [5.41, 5.74) is 4.59. The van der Waals surface area contributed by atoms with Crippen molar-refractivity contribution in [2.24, 2.45) is 0 Å². The predicted molar refractivity (Wildman–Crippen MR) is 147 cm³/mol. The van der Waals surface area contributed by atoms with E-state index < -0.39 is 16.1 Å². The molecule has 0 spiro atoms. The Kier molecular flexibility index (Phi) is 8.52. The molecule has 2 heterocycles. The molecule has 0 radical (unpaired) electrons. The summed E-state index contributed by atoms with van der Waals surface area (Å²) in [6, 6.07) is 9.80. The summed E-state index contributed by atoms with van der Waals surface area (Å²) >= 11 is 1.65. The van der Waals surface area contributed by atoms with Crippen molar-refractivity contribution in [3.05, 3.63) is 52.0 Å². The van der Waals surface area contributed by atoms with Crippen molar-refractivity contribution in [3.8, 4) is 5.75 Å². The summed E-state index contributed by atoms with van der Waals surface area (Å²) < 4.78 is 35.1. The Labute approximate surface area is 218 Å². The number of nitrogens with one attached hydrogen (secondary N) is 1. The Morgan fingerprint density at radius 1 is 1.06 bits per heavy atom. The number of piperazine rings is 1. The molecule has 0 bridgehead atoms. The first-order chi connectivity index (χ1) is 17.1. The Hall–Kier alpha value is -2.24. The molecule has 4 rings (SSSR count). The molecule has 0 aliphatic carbocycles. The molecule has 196 valence electrons. The molecule has 1 atom stereocenters. The van der Waals surface area contributed by atoms with Gasteiger partial charge in [-0.25, -0.2) is 13.4 Å². The summed E-state index contributed by atoms with van der Waals surface area (Å²) in [5, 5.41) is 11.5. The number of sulfonamides is 1. The van der Waals surface area contributed by atoms with Gasteiger partial charge in [0.1, 0.15) is 18.5 Å². The molecule has 1 saturated heterocycles. The van der Waals surface area contributed by atoms with Crippen LogP contribution in [0.2, 0.25) is 0 Å². The number of thiazole rings is 1. The van der Waals surface area contributed by atoms with Crippen LogP contribution >= 0.6 is 11.3 Å². The standard InChI is InChI=1S/C26H36N4O4S2/c1-18-13-19(2)26(20(3)14-18)28-36(32,33)12-11-29-7-9-30(10-8-29)16-22(31)17-34-23-5-6-25-24(15-23)27-21(4)35-25/h5-6,13-15,22,28,31H,7-12,16-17H2,1-4H3/t22-/m1/s1. The molecule has 10 heteroatoms. The number of benzene rings is 2. The molecule has 1 fully saturated rings. The lowest BCUT2D eigenvalue weighted by molar-refractivity contribution is 0.0472. The maximum Gasteiger partial charge on any atom is 0.234 e. The maximum absolute atomic E-state index is 12.7. The van der Waals surface area contributed by atoms with Crippen molar-refractivity contribution in [1.29, 1.82) is 0 Å². The summed E-state index contributed by atoms with van der Waals surface area (Å²) in [6.07, 6.45) is -0.602. The Morgan fingerprint density at radius 3 is 2.42 bits per heavy atom. The van der Waals surface area contributed by atoms with E-state index >= 15 is 0 Å². The second-order valence-electron chi connectivity index (χ2n) is 9.66. The number of aliphatic hydroxyl groups excluding tert-OH is 1. The molecule has 2 N–H and O–H groups in total. The molecule has 36 heavy (non-hydrogen) atoms. The van der Waals surface area contributed by atoms with Gasteiger partial charge in [-0.1, -0.05) is 17.7 Å². The van der Waals surface area contributed by atoms with Crippen LogP contribution in [0.25, 0.3) is 10.2 Å². The highest BCUT2D eigenvalue weighted by atomic mass is 32.2. The number of fused-ring (bicyclic) bond motifs is 1. The zero-order valence-corrected chi connectivity index (χ0v) is 23.1. The number of nitrogens with zero attached hydrogens (tertiary/aromatic N) is 3. The van der Waals surface area contributed by atoms with Crippen LogP contribution in [0.4, 0.5) is 5.69 Å². The smallest absolute Gasteiger partial charge is 0.234 e. The van der Waals surface area contributed by atoms with Gasteiger partial charge in [-0.3, -0.25) is 14.5 Å². The fourth-order valence-electron chi connectivity index (χ4n) is 4.65. The van der Waals surface area contributed by atoms with Gasteiger partial charge in [0.25, 0.3) is 0 Å². The van der Waals surface area contributed by atoms with Crippen molar-refractivity contribution in [2.45, 2.75) is 33.8 Å². The van der Waals surface area contributed by atoms with Gasteiger partial charge in [0.15, 0.2) is 0 Å². The van der Waals surface area contributed by atoms with Crippen molar-refractivity contribution < 1.29 is 18.3 Å². The number of rotatable bonds is 10. The second kappa shape index (κ2) is 11.4. The predicted octanol–water partition coefficient (Wildman–Crippen LogP) is 3.33. The van der Waals surface area contributed by atoms with E-state index in [9.17, 15) is 13.5 Å². The third-order valence-corrected chi connectivity index (χ3v) is 8.64. The molecule has 0 unspecified atom stereocenters. The number of aromatic nitrogens is 1. The van der Waals surface area contributed by atoms with E-state index in [2.05, 4.69) is 19.5 Å². The summed E-state index contributed by atoms with van der Waals surface area (Å²) in [7, 11) is -3.44. The second-order valence-corrected chi connectivity index (χ2v) is 12.7. The molecule has 8 nitrogen and oxygen atoms in total. The minimum atomic E-state index is -3.44. The number of β-amino-alcohol motifs (C(OH)–C–C–N with tert-alkyl or cyclic N) is 1. The first-order valence-corrected chi connectivity index (χ1v) is 14.8. The van der Waals surface area contributed by atoms with Crippen molar-refractivity contribution in [2.75, 3.05) is 56.4 Å². The van der Waals surface area contributed by atoms with Gasteiger partial charge >= 0.3 is 0 Å². The zero-order chi connectivity index (χ0) is 25.9. The minimum Gasteiger partial charge on any atom is -0.491 e. The van der Waals surface area contributed by atoms with Crippen molar-refractivity contribution in [3.63, 3.8) is 0 Å². The molecule has 1 aromatic heterocycles. The Balaban J connectivity index is 1.18. The van der Waals surface area contributed by atoms with Gasteiger partial charge < -0.3 is 9.84 Å². The fourth-order valence-corrected chi connectivity index (χ4v) is 6.69. The number of aliphatic hydroxyl groups is 1. The lowest BCUT2D eigenvalue weighted by Crippen LogP contribution is -2.50. The van der Waals surface area contributed by atoms with Crippen LogP contribution in [0.15, 0.2) is 30.3 Å². The van der Waals surface area contributed by atoms with Crippen LogP contribution < -0.4 is 9.46 Å². The zero-order valence-electron chi connectivity index (χ0n) is 21.5. The fraction of sp³-hybridized carbons (Fsp3) is 0.500. The highest BCUT2D eigenvalue weighted by Gasteiger charge is 2.22. The average molecular weight is 533 g/mol. The molecule has 0 saturated carbocycles. The van der Waals surface area contributed by atoms with E-state index in [0.717, 1.165) is 58.1 Å². The van der Waals surface area contributed by atoms with E-state index in [4.69, 9.17) is 4.74 Å². The first kappa shape index (κ1) is 26.8. The number of ether oxygens (including phenoxy) is 1. The van der Waals surface area contributed by atoms with E-state index in [1.165, 1.54) is 0 Å². The monoisotopic (exact) mass is 532 g/mol. The van der Waals surface area contributed by atoms with Gasteiger partial charge in [-0.2, -0.15) is 0 Å². The van der Waals surface area contributed by atoms with Gasteiger partial charge in [0.05, 0.1) is 26.7 Å². The van der Waals surface area contributed by atoms with Gasteiger partial charge in [0, 0.05) is 45.3 Å². The molecule has 1 aliphatic rings. The average Bonchev–Trinajstić information content (AvgIpc) is 3.19. The number of hydrogen-bond acceptors (Lipinski definition) is 8. The molecule has 1 aliphatic heterocycles.